The number of anilines is 1. The van der Waals surface area contributed by atoms with Crippen LogP contribution in [0, 0.1) is 13.8 Å². The summed E-state index contributed by atoms with van der Waals surface area (Å²) in [4.78, 5) is 39.2. The zero-order valence-corrected chi connectivity index (χ0v) is 17.8. The summed E-state index contributed by atoms with van der Waals surface area (Å²) >= 11 is 0. The molecule has 11 heteroatoms. The van der Waals surface area contributed by atoms with E-state index in [1.807, 2.05) is 0 Å². The van der Waals surface area contributed by atoms with Gasteiger partial charge >= 0.3 is 11.9 Å². The Morgan fingerprint density at radius 3 is 2.23 bits per heavy atom. The second kappa shape index (κ2) is 9.09. The fourth-order valence-electron chi connectivity index (χ4n) is 2.66. The van der Waals surface area contributed by atoms with E-state index in [4.69, 9.17) is 14.6 Å². The normalized spacial score (nSPS) is 11.3. The molecule has 0 fully saturated rings. The summed E-state index contributed by atoms with van der Waals surface area (Å²) in [7, 11) is -3.84. The van der Waals surface area contributed by atoms with Gasteiger partial charge in [-0.05, 0) is 57.5 Å². The molecular formula is C19H23N3O7S. The molecule has 0 aliphatic rings. The number of primary sulfonamides is 1. The Kier molecular flexibility index (Phi) is 7.00. The van der Waals surface area contributed by atoms with Crippen LogP contribution < -0.4 is 10.5 Å². The third-order valence-electron chi connectivity index (χ3n) is 3.99. The number of nitrogens with one attached hydrogen (secondary N) is 2. The number of carbonyl (C=O) groups excluding carboxylic acids is 3. The Labute approximate surface area is 173 Å². The van der Waals surface area contributed by atoms with Crippen molar-refractivity contribution < 1.29 is 32.3 Å². The van der Waals surface area contributed by atoms with Crippen LogP contribution in [0.25, 0.3) is 0 Å². The standard InChI is InChI=1S/C19H23N3O7S/c1-10(2)29-18(24)16-11(3)17(21-12(16)4)19(25)28-9-15(23)22-13-5-7-14(8-6-13)30(20,26)27/h5-8,10,21H,9H2,1-4H3,(H,22,23)(H2,20,26,27). The number of amides is 1. The molecule has 2 aromatic rings. The summed E-state index contributed by atoms with van der Waals surface area (Å²) in [5.74, 6) is -2.00. The number of H-pyrrole nitrogens is 1. The van der Waals surface area contributed by atoms with Gasteiger partial charge in [-0.2, -0.15) is 0 Å². The van der Waals surface area contributed by atoms with Crippen LogP contribution in [0.4, 0.5) is 5.69 Å². The van der Waals surface area contributed by atoms with Gasteiger partial charge in [0.15, 0.2) is 6.61 Å². The highest BCUT2D eigenvalue weighted by Crippen LogP contribution is 2.20. The molecule has 162 valence electrons. The lowest BCUT2D eigenvalue weighted by atomic mass is 10.1. The zero-order chi connectivity index (χ0) is 22.6. The van der Waals surface area contributed by atoms with Crippen molar-refractivity contribution in [3.05, 3.63) is 46.8 Å². The van der Waals surface area contributed by atoms with E-state index in [1.165, 1.54) is 24.3 Å². The van der Waals surface area contributed by atoms with Crippen LogP contribution in [0.1, 0.15) is 46.0 Å². The smallest absolute Gasteiger partial charge is 0.355 e. The molecule has 0 aliphatic carbocycles. The number of hydrogen-bond donors (Lipinski definition) is 3. The van der Waals surface area contributed by atoms with Gasteiger partial charge in [-0.3, -0.25) is 4.79 Å². The molecule has 0 saturated heterocycles. The number of aryl methyl sites for hydroxylation is 1. The van der Waals surface area contributed by atoms with Crippen molar-refractivity contribution in [1.29, 1.82) is 0 Å². The minimum atomic E-state index is -3.84. The van der Waals surface area contributed by atoms with E-state index in [9.17, 15) is 22.8 Å². The summed E-state index contributed by atoms with van der Waals surface area (Å²) in [6.07, 6.45) is -0.315. The van der Waals surface area contributed by atoms with Gasteiger partial charge in [-0.15, -0.1) is 0 Å². The quantitative estimate of drug-likeness (QED) is 0.555. The fraction of sp³-hybridized carbons (Fsp3) is 0.316. The number of benzene rings is 1. The second-order valence-electron chi connectivity index (χ2n) is 6.77. The predicted molar refractivity (Wildman–Crippen MR) is 108 cm³/mol. The molecule has 30 heavy (non-hydrogen) atoms. The Hall–Kier alpha value is -3.18. The van der Waals surface area contributed by atoms with Crippen molar-refractivity contribution in [2.75, 3.05) is 11.9 Å². The van der Waals surface area contributed by atoms with Crippen molar-refractivity contribution >= 4 is 33.6 Å². The Morgan fingerprint density at radius 2 is 1.70 bits per heavy atom. The first kappa shape index (κ1) is 23.1. The van der Waals surface area contributed by atoms with Gasteiger partial charge in [0.1, 0.15) is 5.69 Å². The van der Waals surface area contributed by atoms with E-state index in [-0.39, 0.29) is 22.3 Å². The minimum Gasteiger partial charge on any atom is -0.459 e. The fourth-order valence-corrected chi connectivity index (χ4v) is 3.18. The third-order valence-corrected chi connectivity index (χ3v) is 4.92. The van der Waals surface area contributed by atoms with Crippen LogP contribution in [0.15, 0.2) is 29.2 Å². The minimum absolute atomic E-state index is 0.0495. The van der Waals surface area contributed by atoms with E-state index in [1.54, 1.807) is 27.7 Å². The summed E-state index contributed by atoms with van der Waals surface area (Å²) in [6, 6.07) is 5.18. The molecule has 0 atom stereocenters. The number of ether oxygens (including phenoxy) is 2. The van der Waals surface area contributed by atoms with Crippen LogP contribution in [0.5, 0.6) is 0 Å². The number of aromatic amines is 1. The number of hydrogen-bond acceptors (Lipinski definition) is 7. The third kappa shape index (κ3) is 5.67. The molecule has 0 unspecified atom stereocenters. The monoisotopic (exact) mass is 437 g/mol. The lowest BCUT2D eigenvalue weighted by molar-refractivity contribution is -0.119. The Bertz CT molecular complexity index is 1070. The van der Waals surface area contributed by atoms with Gasteiger partial charge in [0.05, 0.1) is 16.6 Å². The highest BCUT2D eigenvalue weighted by Gasteiger charge is 2.24. The number of esters is 2. The van der Waals surface area contributed by atoms with Crippen LogP contribution in [-0.4, -0.2) is 44.0 Å². The van der Waals surface area contributed by atoms with Crippen molar-refractivity contribution in [3.8, 4) is 0 Å². The average Bonchev–Trinajstić information content (AvgIpc) is 2.93. The predicted octanol–water partition coefficient (Wildman–Crippen LogP) is 1.64. The number of carbonyl (C=O) groups is 3. The molecule has 2 rings (SSSR count). The lowest BCUT2D eigenvalue weighted by Gasteiger charge is -2.08. The highest BCUT2D eigenvalue weighted by atomic mass is 32.2. The van der Waals surface area contributed by atoms with Crippen LogP contribution >= 0.6 is 0 Å². The van der Waals surface area contributed by atoms with Crippen molar-refractivity contribution in [2.45, 2.75) is 38.7 Å². The van der Waals surface area contributed by atoms with Gasteiger partial charge in [0, 0.05) is 11.4 Å². The maximum atomic E-state index is 12.3. The summed E-state index contributed by atoms with van der Waals surface area (Å²) in [5, 5.41) is 7.47. The zero-order valence-electron chi connectivity index (χ0n) is 16.9. The highest BCUT2D eigenvalue weighted by molar-refractivity contribution is 7.89. The molecule has 0 radical (unpaired) electrons. The number of aromatic nitrogens is 1. The second-order valence-corrected chi connectivity index (χ2v) is 8.33. The largest absolute Gasteiger partial charge is 0.459 e. The topological polar surface area (TPSA) is 158 Å². The molecule has 0 bridgehead atoms. The molecule has 4 N–H and O–H groups in total. The molecule has 0 aliphatic heterocycles. The summed E-state index contributed by atoms with van der Waals surface area (Å²) in [5.41, 5.74) is 1.41. The molecule has 0 spiro atoms. The number of rotatable bonds is 7. The van der Waals surface area contributed by atoms with Gasteiger partial charge in [-0.1, -0.05) is 0 Å². The van der Waals surface area contributed by atoms with Gasteiger partial charge in [0.2, 0.25) is 10.0 Å². The Morgan fingerprint density at radius 1 is 1.10 bits per heavy atom. The average molecular weight is 437 g/mol. The molecule has 10 nitrogen and oxygen atoms in total. The molecule has 1 aromatic carbocycles. The molecule has 1 amide bonds. The van der Waals surface area contributed by atoms with E-state index in [2.05, 4.69) is 10.3 Å². The van der Waals surface area contributed by atoms with Crippen LogP contribution in [-0.2, 0) is 24.3 Å². The van der Waals surface area contributed by atoms with Gasteiger partial charge in [0.25, 0.3) is 5.91 Å². The SMILES string of the molecule is Cc1[nH]c(C(=O)OCC(=O)Nc2ccc(S(N)(=O)=O)cc2)c(C)c1C(=O)OC(C)C. The van der Waals surface area contributed by atoms with E-state index in [0.29, 0.717) is 16.9 Å². The van der Waals surface area contributed by atoms with E-state index in [0.717, 1.165) is 0 Å². The van der Waals surface area contributed by atoms with E-state index < -0.39 is 34.5 Å². The van der Waals surface area contributed by atoms with Crippen molar-refractivity contribution in [3.63, 3.8) is 0 Å². The van der Waals surface area contributed by atoms with Gasteiger partial charge < -0.3 is 19.8 Å². The summed E-state index contributed by atoms with van der Waals surface area (Å²) in [6.45, 7) is 6.04. The first-order valence-electron chi connectivity index (χ1n) is 8.90. The lowest BCUT2D eigenvalue weighted by Crippen LogP contribution is -2.21. The molecule has 1 heterocycles. The number of nitrogens with two attached hydrogens (primary N) is 1. The molecule has 0 saturated carbocycles. The summed E-state index contributed by atoms with van der Waals surface area (Å²) < 4.78 is 32.6. The van der Waals surface area contributed by atoms with E-state index >= 15 is 0 Å². The van der Waals surface area contributed by atoms with Crippen LogP contribution in [0.3, 0.4) is 0 Å². The van der Waals surface area contributed by atoms with Crippen molar-refractivity contribution in [2.24, 2.45) is 5.14 Å². The maximum absolute atomic E-state index is 12.3. The Balaban J connectivity index is 2.00. The van der Waals surface area contributed by atoms with Gasteiger partial charge in [-0.25, -0.2) is 23.1 Å². The molecule has 1 aromatic heterocycles. The molecular weight excluding hydrogens is 414 g/mol. The first-order chi connectivity index (χ1) is 13.9. The first-order valence-corrected chi connectivity index (χ1v) is 10.4. The maximum Gasteiger partial charge on any atom is 0.355 e. The van der Waals surface area contributed by atoms with Crippen molar-refractivity contribution in [1.82, 2.24) is 4.98 Å². The van der Waals surface area contributed by atoms with Crippen LogP contribution in [0.2, 0.25) is 0 Å². The number of sulfonamides is 1.